The van der Waals surface area contributed by atoms with Gasteiger partial charge in [0, 0.05) is 35.7 Å². The van der Waals surface area contributed by atoms with Crippen LogP contribution in [-0.4, -0.2) is 23.8 Å². The summed E-state index contributed by atoms with van der Waals surface area (Å²) in [5.74, 6) is 0.563. The van der Waals surface area contributed by atoms with Crippen LogP contribution >= 0.6 is 11.3 Å². The van der Waals surface area contributed by atoms with Crippen molar-refractivity contribution in [3.63, 3.8) is 0 Å². The van der Waals surface area contributed by atoms with Crippen molar-refractivity contribution in [1.82, 2.24) is 4.90 Å². The Morgan fingerprint density at radius 3 is 2.47 bits per heavy atom. The number of para-hydroxylation sites is 1. The molecule has 2 aromatic carbocycles. The summed E-state index contributed by atoms with van der Waals surface area (Å²) in [4.78, 5) is 27.1. The van der Waals surface area contributed by atoms with Gasteiger partial charge in [-0.15, -0.1) is 11.3 Å². The lowest BCUT2D eigenvalue weighted by Crippen LogP contribution is -2.28. The average molecular weight is 421 g/mol. The van der Waals surface area contributed by atoms with Gasteiger partial charge in [0.25, 0.3) is 0 Å². The molecule has 0 aliphatic heterocycles. The van der Waals surface area contributed by atoms with E-state index in [0.717, 1.165) is 27.4 Å². The summed E-state index contributed by atoms with van der Waals surface area (Å²) in [6, 6.07) is 19.1. The van der Waals surface area contributed by atoms with Gasteiger partial charge in [-0.2, -0.15) is 0 Å². The molecule has 0 spiro atoms. The van der Waals surface area contributed by atoms with Crippen LogP contribution in [-0.2, 0) is 22.7 Å². The Kier molecular flexibility index (Phi) is 7.40. The maximum atomic E-state index is 13.0. The van der Waals surface area contributed by atoms with Gasteiger partial charge in [0.1, 0.15) is 5.75 Å². The summed E-state index contributed by atoms with van der Waals surface area (Å²) < 4.78 is 5.45. The molecule has 0 unspecified atom stereocenters. The SMILES string of the molecule is COc1ccccc1CN(Cc1cccs1)C(=O)/C=C/c1ccc(NC(C)=O)cc1. The molecule has 5 nitrogen and oxygen atoms in total. The van der Waals surface area contributed by atoms with Crippen LogP contribution in [0, 0.1) is 0 Å². The van der Waals surface area contributed by atoms with Crippen LogP contribution in [0.15, 0.2) is 72.1 Å². The Morgan fingerprint density at radius 1 is 1.03 bits per heavy atom. The van der Waals surface area contributed by atoms with Crippen LogP contribution in [0.5, 0.6) is 5.75 Å². The topological polar surface area (TPSA) is 58.6 Å². The highest BCUT2D eigenvalue weighted by molar-refractivity contribution is 7.09. The Labute approximate surface area is 180 Å². The Hall–Kier alpha value is -3.38. The molecule has 0 saturated carbocycles. The van der Waals surface area contributed by atoms with Crippen molar-refractivity contribution < 1.29 is 14.3 Å². The molecule has 0 bridgehead atoms. The zero-order valence-corrected chi connectivity index (χ0v) is 17.8. The third-order valence-electron chi connectivity index (χ3n) is 4.44. The summed E-state index contributed by atoms with van der Waals surface area (Å²) >= 11 is 1.63. The minimum Gasteiger partial charge on any atom is -0.496 e. The van der Waals surface area contributed by atoms with Crippen molar-refractivity contribution in [2.45, 2.75) is 20.0 Å². The fourth-order valence-corrected chi connectivity index (χ4v) is 3.71. The number of amides is 2. The van der Waals surface area contributed by atoms with Crippen LogP contribution in [0.2, 0.25) is 0 Å². The molecule has 1 N–H and O–H groups in total. The van der Waals surface area contributed by atoms with Gasteiger partial charge in [-0.25, -0.2) is 0 Å². The number of methoxy groups -OCH3 is 1. The minimum atomic E-state index is -0.117. The lowest BCUT2D eigenvalue weighted by atomic mass is 10.1. The van der Waals surface area contributed by atoms with E-state index < -0.39 is 0 Å². The van der Waals surface area contributed by atoms with Gasteiger partial charge < -0.3 is 15.0 Å². The number of nitrogens with one attached hydrogen (secondary N) is 1. The summed E-state index contributed by atoms with van der Waals surface area (Å²) in [6.07, 6.45) is 3.36. The summed E-state index contributed by atoms with van der Waals surface area (Å²) in [6.45, 7) is 2.45. The molecule has 0 aliphatic carbocycles. The standard InChI is InChI=1S/C24H24N2O3S/c1-18(27)25-21-12-9-19(10-13-21)11-14-24(28)26(17-22-7-5-15-30-22)16-20-6-3-4-8-23(20)29-2/h3-15H,16-17H2,1-2H3,(H,25,27)/b14-11+. The number of benzene rings is 2. The van der Waals surface area contributed by atoms with E-state index in [9.17, 15) is 9.59 Å². The first kappa shape index (κ1) is 21.3. The smallest absolute Gasteiger partial charge is 0.247 e. The molecule has 6 heteroatoms. The maximum absolute atomic E-state index is 13.0. The van der Waals surface area contributed by atoms with Gasteiger partial charge in [0.15, 0.2) is 0 Å². The van der Waals surface area contributed by atoms with Crippen molar-refractivity contribution in [1.29, 1.82) is 0 Å². The van der Waals surface area contributed by atoms with Crippen LogP contribution in [0.1, 0.15) is 22.9 Å². The zero-order valence-electron chi connectivity index (χ0n) is 17.0. The van der Waals surface area contributed by atoms with Crippen molar-refractivity contribution in [2.75, 3.05) is 12.4 Å². The molecule has 0 saturated heterocycles. The predicted molar refractivity (Wildman–Crippen MR) is 121 cm³/mol. The second-order valence-corrected chi connectivity index (χ2v) is 7.75. The number of carbonyl (C=O) groups is 2. The normalized spacial score (nSPS) is 10.7. The molecule has 30 heavy (non-hydrogen) atoms. The Morgan fingerprint density at radius 2 is 1.80 bits per heavy atom. The van der Waals surface area contributed by atoms with Gasteiger partial charge in [-0.05, 0) is 41.3 Å². The van der Waals surface area contributed by atoms with Gasteiger partial charge in [-0.3, -0.25) is 9.59 Å². The van der Waals surface area contributed by atoms with E-state index in [0.29, 0.717) is 13.1 Å². The molecular weight excluding hydrogens is 396 g/mol. The molecule has 1 heterocycles. The Balaban J connectivity index is 1.75. The highest BCUT2D eigenvalue weighted by atomic mass is 32.1. The van der Waals surface area contributed by atoms with E-state index in [2.05, 4.69) is 5.32 Å². The van der Waals surface area contributed by atoms with Gasteiger partial charge >= 0.3 is 0 Å². The lowest BCUT2D eigenvalue weighted by molar-refractivity contribution is -0.127. The first-order chi connectivity index (χ1) is 14.5. The van der Waals surface area contributed by atoms with Crippen LogP contribution in [0.4, 0.5) is 5.69 Å². The molecular formula is C24H24N2O3S. The van der Waals surface area contributed by atoms with E-state index in [1.165, 1.54) is 6.92 Å². The fraction of sp³-hybridized carbons (Fsp3) is 0.167. The van der Waals surface area contributed by atoms with E-state index in [4.69, 9.17) is 4.74 Å². The molecule has 0 atom stereocenters. The van der Waals surface area contributed by atoms with E-state index >= 15 is 0 Å². The number of hydrogen-bond donors (Lipinski definition) is 1. The van der Waals surface area contributed by atoms with Gasteiger partial charge in [0.05, 0.1) is 13.7 Å². The predicted octanol–water partition coefficient (Wildman–Crippen LogP) is 4.96. The molecule has 0 fully saturated rings. The molecule has 154 valence electrons. The van der Waals surface area contributed by atoms with Crippen LogP contribution < -0.4 is 10.1 Å². The van der Waals surface area contributed by atoms with E-state index in [1.54, 1.807) is 35.5 Å². The van der Waals surface area contributed by atoms with Crippen molar-refractivity contribution >= 4 is 34.9 Å². The molecule has 0 radical (unpaired) electrons. The molecule has 3 rings (SSSR count). The van der Waals surface area contributed by atoms with Gasteiger partial charge in [-0.1, -0.05) is 36.4 Å². The third-order valence-corrected chi connectivity index (χ3v) is 5.30. The second kappa shape index (κ2) is 10.4. The second-order valence-electron chi connectivity index (χ2n) is 6.72. The van der Waals surface area contributed by atoms with Crippen LogP contribution in [0.25, 0.3) is 6.08 Å². The zero-order chi connectivity index (χ0) is 21.3. The number of nitrogens with zero attached hydrogens (tertiary/aromatic N) is 1. The number of carbonyl (C=O) groups excluding carboxylic acids is 2. The highest BCUT2D eigenvalue weighted by Crippen LogP contribution is 2.22. The molecule has 2 amide bonds. The average Bonchev–Trinajstić information content (AvgIpc) is 3.25. The van der Waals surface area contributed by atoms with E-state index in [1.807, 2.05) is 66.0 Å². The number of hydrogen-bond acceptors (Lipinski definition) is 4. The number of ether oxygens (including phenoxy) is 1. The molecule has 0 aliphatic rings. The number of thiophene rings is 1. The van der Waals surface area contributed by atoms with Crippen molar-refractivity contribution in [3.05, 3.63) is 88.1 Å². The fourth-order valence-electron chi connectivity index (χ4n) is 3.00. The first-order valence-electron chi connectivity index (χ1n) is 9.54. The lowest BCUT2D eigenvalue weighted by Gasteiger charge is -2.22. The largest absolute Gasteiger partial charge is 0.496 e. The number of anilines is 1. The molecule has 1 aromatic heterocycles. The quantitative estimate of drug-likeness (QED) is 0.524. The maximum Gasteiger partial charge on any atom is 0.247 e. The summed E-state index contributed by atoms with van der Waals surface area (Å²) in [7, 11) is 1.63. The van der Waals surface area contributed by atoms with Gasteiger partial charge in [0.2, 0.25) is 11.8 Å². The third kappa shape index (κ3) is 6.06. The monoisotopic (exact) mass is 420 g/mol. The van der Waals surface area contributed by atoms with Crippen LogP contribution in [0.3, 0.4) is 0 Å². The summed E-state index contributed by atoms with van der Waals surface area (Å²) in [5.41, 5.74) is 2.56. The first-order valence-corrected chi connectivity index (χ1v) is 10.4. The highest BCUT2D eigenvalue weighted by Gasteiger charge is 2.15. The molecule has 3 aromatic rings. The van der Waals surface area contributed by atoms with Crippen molar-refractivity contribution in [3.8, 4) is 5.75 Å². The Bertz CT molecular complexity index is 1010. The minimum absolute atomic E-state index is 0.0831. The van der Waals surface area contributed by atoms with E-state index in [-0.39, 0.29) is 11.8 Å². The summed E-state index contributed by atoms with van der Waals surface area (Å²) in [5, 5.41) is 4.74. The van der Waals surface area contributed by atoms with Crippen molar-refractivity contribution in [2.24, 2.45) is 0 Å². The number of rotatable bonds is 8.